The van der Waals surface area contributed by atoms with E-state index in [1.807, 2.05) is 24.3 Å². The summed E-state index contributed by atoms with van der Waals surface area (Å²) in [6.45, 7) is 2.09. The van der Waals surface area contributed by atoms with Gasteiger partial charge in [-0.3, -0.25) is 4.98 Å². The lowest BCUT2D eigenvalue weighted by Crippen LogP contribution is -2.10. The van der Waals surface area contributed by atoms with E-state index in [1.54, 1.807) is 36.1 Å². The van der Waals surface area contributed by atoms with Gasteiger partial charge in [-0.1, -0.05) is 17.7 Å². The number of carbonyl (C=O) groups excluding carboxylic acids is 1. The maximum Gasteiger partial charge on any atom is 0.378 e. The predicted molar refractivity (Wildman–Crippen MR) is 93.9 cm³/mol. The number of esters is 1. The molecule has 0 saturated carbocycles. The summed E-state index contributed by atoms with van der Waals surface area (Å²) in [5.41, 5.74) is 1.89. The van der Waals surface area contributed by atoms with Crippen LogP contribution >= 0.6 is 11.6 Å². The molecule has 0 unspecified atom stereocenters. The van der Waals surface area contributed by atoms with Crippen molar-refractivity contribution in [2.45, 2.75) is 19.8 Å². The van der Waals surface area contributed by atoms with Crippen LogP contribution in [0.3, 0.4) is 0 Å². The van der Waals surface area contributed by atoms with Crippen molar-refractivity contribution >= 4 is 17.6 Å². The van der Waals surface area contributed by atoms with Crippen LogP contribution in [-0.4, -0.2) is 32.3 Å². The molecule has 0 fully saturated rings. The normalized spacial score (nSPS) is 10.6. The molecule has 0 N–H and O–H groups in total. The lowest BCUT2D eigenvalue weighted by Gasteiger charge is -2.03. The SMILES string of the molecule is Cc1nc(C(=O)OCCCc2cccnc2)nn1-c1ccc(Cl)cc1. The Kier molecular flexibility index (Phi) is 5.40. The van der Waals surface area contributed by atoms with Crippen LogP contribution < -0.4 is 0 Å². The fraction of sp³-hybridized carbons (Fsp3) is 0.222. The third-order valence-electron chi connectivity index (χ3n) is 3.59. The van der Waals surface area contributed by atoms with Gasteiger partial charge < -0.3 is 4.74 Å². The number of aryl methyl sites for hydroxylation is 2. The molecule has 128 valence electrons. The molecule has 6 nitrogen and oxygen atoms in total. The monoisotopic (exact) mass is 356 g/mol. The molecule has 2 aromatic heterocycles. The highest BCUT2D eigenvalue weighted by molar-refractivity contribution is 6.30. The molecule has 7 heteroatoms. The van der Waals surface area contributed by atoms with Crippen LogP contribution in [0.1, 0.15) is 28.4 Å². The number of carbonyl (C=O) groups is 1. The second-order valence-electron chi connectivity index (χ2n) is 5.47. The highest BCUT2D eigenvalue weighted by atomic mass is 35.5. The summed E-state index contributed by atoms with van der Waals surface area (Å²) in [4.78, 5) is 20.3. The van der Waals surface area contributed by atoms with Crippen molar-refractivity contribution in [3.05, 3.63) is 71.0 Å². The Morgan fingerprint density at radius 1 is 1.24 bits per heavy atom. The molecule has 0 radical (unpaired) electrons. The minimum Gasteiger partial charge on any atom is -0.460 e. The first kappa shape index (κ1) is 17.1. The van der Waals surface area contributed by atoms with E-state index in [2.05, 4.69) is 15.1 Å². The zero-order valence-electron chi connectivity index (χ0n) is 13.7. The molecule has 0 bridgehead atoms. The number of pyridine rings is 1. The van der Waals surface area contributed by atoms with Crippen LogP contribution in [0.15, 0.2) is 48.8 Å². The van der Waals surface area contributed by atoms with Crippen LogP contribution in [0.5, 0.6) is 0 Å². The molecule has 0 atom stereocenters. The van der Waals surface area contributed by atoms with Crippen molar-refractivity contribution in [1.82, 2.24) is 19.7 Å². The number of aromatic nitrogens is 4. The van der Waals surface area contributed by atoms with Gasteiger partial charge in [0.2, 0.25) is 0 Å². The Bertz CT molecular complexity index is 847. The topological polar surface area (TPSA) is 69.9 Å². The number of nitrogens with zero attached hydrogens (tertiary/aromatic N) is 4. The number of rotatable bonds is 6. The van der Waals surface area contributed by atoms with E-state index >= 15 is 0 Å². The van der Waals surface area contributed by atoms with E-state index in [0.29, 0.717) is 23.9 Å². The van der Waals surface area contributed by atoms with E-state index in [0.717, 1.165) is 17.7 Å². The molecule has 0 aliphatic heterocycles. The molecule has 25 heavy (non-hydrogen) atoms. The molecule has 0 spiro atoms. The fourth-order valence-electron chi connectivity index (χ4n) is 2.36. The first-order valence-electron chi connectivity index (χ1n) is 7.89. The second kappa shape index (κ2) is 7.90. The molecule has 0 amide bonds. The molecule has 1 aromatic carbocycles. The van der Waals surface area contributed by atoms with Gasteiger partial charge in [-0.2, -0.15) is 0 Å². The molecule has 0 aliphatic rings. The summed E-state index contributed by atoms with van der Waals surface area (Å²) in [6, 6.07) is 11.0. The number of hydrogen-bond acceptors (Lipinski definition) is 5. The van der Waals surface area contributed by atoms with Crippen molar-refractivity contribution in [2.75, 3.05) is 6.61 Å². The summed E-state index contributed by atoms with van der Waals surface area (Å²) >= 11 is 5.89. The van der Waals surface area contributed by atoms with Gasteiger partial charge in [-0.15, -0.1) is 5.10 Å². The third-order valence-corrected chi connectivity index (χ3v) is 3.84. The van der Waals surface area contributed by atoms with Crippen LogP contribution in [0.25, 0.3) is 5.69 Å². The molecule has 2 heterocycles. The Morgan fingerprint density at radius 2 is 2.04 bits per heavy atom. The zero-order valence-corrected chi connectivity index (χ0v) is 14.5. The van der Waals surface area contributed by atoms with Gasteiger partial charge in [0, 0.05) is 17.4 Å². The van der Waals surface area contributed by atoms with Crippen molar-refractivity contribution < 1.29 is 9.53 Å². The number of ether oxygens (including phenoxy) is 1. The van der Waals surface area contributed by atoms with Crippen LogP contribution in [0, 0.1) is 6.92 Å². The second-order valence-corrected chi connectivity index (χ2v) is 5.91. The molecule has 0 saturated heterocycles. The summed E-state index contributed by atoms with van der Waals surface area (Å²) < 4.78 is 6.84. The quantitative estimate of drug-likeness (QED) is 0.500. The molecule has 0 aliphatic carbocycles. The van der Waals surface area contributed by atoms with Gasteiger partial charge in [0.05, 0.1) is 12.3 Å². The predicted octanol–water partition coefficient (Wildman–Crippen LogP) is 3.41. The number of halogens is 1. The fourth-order valence-corrected chi connectivity index (χ4v) is 2.48. The lowest BCUT2D eigenvalue weighted by molar-refractivity contribution is 0.0486. The van der Waals surface area contributed by atoms with E-state index < -0.39 is 5.97 Å². The number of hydrogen-bond donors (Lipinski definition) is 0. The minimum absolute atomic E-state index is 0.0498. The zero-order chi connectivity index (χ0) is 17.6. The summed E-state index contributed by atoms with van der Waals surface area (Å²) in [6.07, 6.45) is 5.05. The van der Waals surface area contributed by atoms with Crippen molar-refractivity contribution in [3.8, 4) is 5.69 Å². The van der Waals surface area contributed by atoms with E-state index in [9.17, 15) is 4.79 Å². The van der Waals surface area contributed by atoms with Crippen LogP contribution in [0.4, 0.5) is 0 Å². The highest BCUT2D eigenvalue weighted by Gasteiger charge is 2.16. The van der Waals surface area contributed by atoms with Gasteiger partial charge >= 0.3 is 5.97 Å². The number of benzene rings is 1. The third kappa shape index (κ3) is 4.42. The smallest absolute Gasteiger partial charge is 0.378 e. The molecule has 3 rings (SSSR count). The average molecular weight is 357 g/mol. The largest absolute Gasteiger partial charge is 0.460 e. The van der Waals surface area contributed by atoms with Gasteiger partial charge in [0.15, 0.2) is 0 Å². The Labute approximate surface area is 150 Å². The van der Waals surface area contributed by atoms with Crippen LogP contribution in [0.2, 0.25) is 5.02 Å². The Balaban J connectivity index is 1.57. The maximum absolute atomic E-state index is 12.1. The minimum atomic E-state index is -0.526. The van der Waals surface area contributed by atoms with Gasteiger partial charge in [-0.25, -0.2) is 14.5 Å². The standard InChI is InChI=1S/C18H17ClN4O2/c1-13-21-17(22-23(13)16-8-6-15(19)7-9-16)18(24)25-11-3-5-14-4-2-10-20-12-14/h2,4,6-10,12H,3,5,11H2,1H3. The van der Waals surface area contributed by atoms with Crippen molar-refractivity contribution in [1.29, 1.82) is 0 Å². The summed E-state index contributed by atoms with van der Waals surface area (Å²) in [5, 5.41) is 4.86. The summed E-state index contributed by atoms with van der Waals surface area (Å²) in [7, 11) is 0. The first-order chi connectivity index (χ1) is 12.1. The maximum atomic E-state index is 12.1. The highest BCUT2D eigenvalue weighted by Crippen LogP contribution is 2.14. The average Bonchev–Trinajstić information content (AvgIpc) is 3.02. The molecular formula is C18H17ClN4O2. The Morgan fingerprint density at radius 3 is 2.76 bits per heavy atom. The Hall–Kier alpha value is -2.73. The van der Waals surface area contributed by atoms with E-state index in [1.165, 1.54) is 0 Å². The van der Waals surface area contributed by atoms with Crippen molar-refractivity contribution in [2.24, 2.45) is 0 Å². The molecular weight excluding hydrogens is 340 g/mol. The van der Waals surface area contributed by atoms with Gasteiger partial charge in [-0.05, 0) is 55.7 Å². The van der Waals surface area contributed by atoms with Gasteiger partial charge in [0.25, 0.3) is 5.82 Å². The lowest BCUT2D eigenvalue weighted by atomic mass is 10.2. The summed E-state index contributed by atoms with van der Waals surface area (Å²) in [5.74, 6) is 0.125. The molecule has 3 aromatic rings. The van der Waals surface area contributed by atoms with Crippen LogP contribution in [-0.2, 0) is 11.2 Å². The van der Waals surface area contributed by atoms with E-state index in [-0.39, 0.29) is 5.82 Å². The van der Waals surface area contributed by atoms with Crippen molar-refractivity contribution in [3.63, 3.8) is 0 Å². The van der Waals surface area contributed by atoms with E-state index in [4.69, 9.17) is 16.3 Å². The first-order valence-corrected chi connectivity index (χ1v) is 8.27. The van der Waals surface area contributed by atoms with Gasteiger partial charge in [0.1, 0.15) is 5.82 Å².